The Labute approximate surface area is 186 Å². The topological polar surface area (TPSA) is 105 Å². The van der Waals surface area contributed by atoms with Crippen LogP contribution in [0.5, 0.6) is 0 Å². The van der Waals surface area contributed by atoms with Gasteiger partial charge in [0.15, 0.2) is 0 Å². The zero-order chi connectivity index (χ0) is 21.7. The van der Waals surface area contributed by atoms with Crippen molar-refractivity contribution in [1.29, 1.82) is 0 Å². The molecule has 3 amide bonds. The smallest absolute Gasteiger partial charge is 0.253 e. The first kappa shape index (κ1) is 21.9. The van der Waals surface area contributed by atoms with Crippen LogP contribution in [0, 0.1) is 0 Å². The van der Waals surface area contributed by atoms with Crippen molar-refractivity contribution >= 4 is 58.2 Å². The maximum absolute atomic E-state index is 12.1. The molecular formula is C19H16Cl3N5O3. The monoisotopic (exact) mass is 467 g/mol. The number of benzene rings is 1. The number of amides is 3. The van der Waals surface area contributed by atoms with Crippen LogP contribution < -0.4 is 16.0 Å². The molecule has 0 aliphatic rings. The van der Waals surface area contributed by atoms with Gasteiger partial charge in [-0.15, -0.1) is 0 Å². The number of nitrogens with one attached hydrogen (secondary N) is 3. The van der Waals surface area contributed by atoms with Crippen LogP contribution in [0.1, 0.15) is 16.1 Å². The van der Waals surface area contributed by atoms with Crippen LogP contribution in [-0.4, -0.2) is 40.2 Å². The number of imidazole rings is 1. The molecule has 2 aromatic heterocycles. The minimum absolute atomic E-state index is 0.175. The Kier molecular flexibility index (Phi) is 7.15. The molecule has 0 saturated heterocycles. The number of halogens is 3. The van der Waals surface area contributed by atoms with Crippen molar-refractivity contribution in [1.82, 2.24) is 25.3 Å². The van der Waals surface area contributed by atoms with E-state index in [1.165, 1.54) is 18.2 Å². The van der Waals surface area contributed by atoms with E-state index in [4.69, 9.17) is 34.8 Å². The van der Waals surface area contributed by atoms with Gasteiger partial charge in [-0.25, -0.2) is 4.98 Å². The van der Waals surface area contributed by atoms with E-state index in [-0.39, 0.29) is 30.2 Å². The lowest BCUT2D eigenvalue weighted by Crippen LogP contribution is -2.41. The molecule has 156 valence electrons. The Morgan fingerprint density at radius 1 is 0.867 bits per heavy atom. The van der Waals surface area contributed by atoms with Crippen molar-refractivity contribution in [2.75, 3.05) is 13.1 Å². The Morgan fingerprint density at radius 3 is 2.33 bits per heavy atom. The van der Waals surface area contributed by atoms with E-state index in [2.05, 4.69) is 20.9 Å². The lowest BCUT2D eigenvalue weighted by atomic mass is 10.2. The molecule has 2 heterocycles. The summed E-state index contributed by atoms with van der Waals surface area (Å²) in [5.41, 5.74) is 1.54. The van der Waals surface area contributed by atoms with Crippen molar-refractivity contribution in [3.8, 4) is 0 Å². The van der Waals surface area contributed by atoms with Crippen molar-refractivity contribution in [2.45, 2.75) is 6.54 Å². The Morgan fingerprint density at radius 2 is 1.57 bits per heavy atom. The van der Waals surface area contributed by atoms with Gasteiger partial charge in [0.05, 0.1) is 40.9 Å². The predicted molar refractivity (Wildman–Crippen MR) is 114 cm³/mol. The molecule has 8 nitrogen and oxygen atoms in total. The Hall–Kier alpha value is -2.81. The molecule has 0 aliphatic carbocycles. The van der Waals surface area contributed by atoms with Crippen LogP contribution in [0.4, 0.5) is 0 Å². The van der Waals surface area contributed by atoms with Crippen LogP contribution in [-0.2, 0) is 16.1 Å². The number of carbonyl (C=O) groups is 3. The van der Waals surface area contributed by atoms with Gasteiger partial charge in [0.1, 0.15) is 5.65 Å². The fourth-order valence-corrected chi connectivity index (χ4v) is 3.19. The lowest BCUT2D eigenvalue weighted by Gasteiger charge is -2.08. The van der Waals surface area contributed by atoms with Crippen LogP contribution in [0.25, 0.3) is 5.65 Å². The van der Waals surface area contributed by atoms with Crippen molar-refractivity contribution in [3.05, 3.63) is 69.1 Å². The van der Waals surface area contributed by atoms with Gasteiger partial charge in [0, 0.05) is 17.4 Å². The number of carbonyl (C=O) groups excluding carboxylic acids is 3. The molecule has 0 spiro atoms. The summed E-state index contributed by atoms with van der Waals surface area (Å²) in [6, 6.07) is 7.89. The minimum Gasteiger partial charge on any atom is -0.349 e. The fourth-order valence-electron chi connectivity index (χ4n) is 2.52. The van der Waals surface area contributed by atoms with E-state index < -0.39 is 17.7 Å². The highest BCUT2D eigenvalue weighted by Crippen LogP contribution is 2.20. The molecule has 11 heteroatoms. The highest BCUT2D eigenvalue weighted by Gasteiger charge is 2.13. The van der Waals surface area contributed by atoms with Gasteiger partial charge >= 0.3 is 0 Å². The maximum Gasteiger partial charge on any atom is 0.253 e. The van der Waals surface area contributed by atoms with Crippen molar-refractivity contribution in [3.63, 3.8) is 0 Å². The second kappa shape index (κ2) is 9.80. The molecule has 0 bridgehead atoms. The SMILES string of the molecule is O=C(CNC(=O)CNC(=O)c1ccc(Cl)cc1Cl)NCc1cn2cc(Cl)ccc2n1. The normalized spacial score (nSPS) is 10.6. The van der Waals surface area contributed by atoms with E-state index in [0.29, 0.717) is 21.4 Å². The Bertz CT molecular complexity index is 1120. The number of pyridine rings is 1. The maximum atomic E-state index is 12.1. The highest BCUT2D eigenvalue weighted by molar-refractivity contribution is 6.36. The molecule has 3 aromatic rings. The summed E-state index contributed by atoms with van der Waals surface area (Å²) in [6.07, 6.45) is 3.46. The molecule has 0 atom stereocenters. The number of aromatic nitrogens is 2. The van der Waals surface area contributed by atoms with E-state index in [1.807, 2.05) is 0 Å². The minimum atomic E-state index is -0.525. The molecule has 1 aromatic carbocycles. The summed E-state index contributed by atoms with van der Waals surface area (Å²) in [5.74, 6) is -1.44. The molecule has 0 aliphatic heterocycles. The number of hydrogen-bond acceptors (Lipinski definition) is 4. The second-order valence-electron chi connectivity index (χ2n) is 6.21. The summed E-state index contributed by atoms with van der Waals surface area (Å²) < 4.78 is 1.75. The molecule has 0 fully saturated rings. The summed E-state index contributed by atoms with van der Waals surface area (Å²) in [5, 5.41) is 8.64. The molecular weight excluding hydrogens is 453 g/mol. The van der Waals surface area contributed by atoms with Gasteiger partial charge < -0.3 is 20.4 Å². The third-order valence-electron chi connectivity index (χ3n) is 3.96. The van der Waals surface area contributed by atoms with E-state index in [1.54, 1.807) is 28.9 Å². The third-order valence-corrected chi connectivity index (χ3v) is 4.73. The Balaban J connectivity index is 1.40. The van der Waals surface area contributed by atoms with Gasteiger partial charge in [-0.05, 0) is 30.3 Å². The standard InChI is InChI=1S/C19H16Cl3N5O3/c20-11-1-3-14(15(22)5-11)19(30)25-8-18(29)24-7-17(28)23-6-13-10-27-9-12(21)2-4-16(27)26-13/h1-5,9-10H,6-8H2,(H,23,28)(H,24,29)(H,25,30). The quantitative estimate of drug-likeness (QED) is 0.495. The van der Waals surface area contributed by atoms with Crippen molar-refractivity contribution < 1.29 is 14.4 Å². The largest absolute Gasteiger partial charge is 0.349 e. The highest BCUT2D eigenvalue weighted by atomic mass is 35.5. The van der Waals surface area contributed by atoms with Crippen LogP contribution >= 0.6 is 34.8 Å². The van der Waals surface area contributed by atoms with Gasteiger partial charge in [0.25, 0.3) is 5.91 Å². The number of fused-ring (bicyclic) bond motifs is 1. The second-order valence-corrected chi connectivity index (χ2v) is 7.49. The van der Waals surface area contributed by atoms with Gasteiger partial charge in [-0.3, -0.25) is 14.4 Å². The van der Waals surface area contributed by atoms with E-state index in [0.717, 1.165) is 0 Å². The van der Waals surface area contributed by atoms with Crippen LogP contribution in [0.15, 0.2) is 42.7 Å². The summed E-state index contributed by atoms with van der Waals surface area (Å²) in [7, 11) is 0. The third kappa shape index (κ3) is 5.85. The van der Waals surface area contributed by atoms with E-state index >= 15 is 0 Å². The zero-order valence-electron chi connectivity index (χ0n) is 15.4. The molecule has 0 unspecified atom stereocenters. The molecule has 3 N–H and O–H groups in total. The average molecular weight is 469 g/mol. The molecule has 30 heavy (non-hydrogen) atoms. The molecule has 0 saturated carbocycles. The first-order valence-corrected chi connectivity index (χ1v) is 9.85. The number of nitrogens with zero attached hydrogens (tertiary/aromatic N) is 2. The van der Waals surface area contributed by atoms with Crippen molar-refractivity contribution in [2.24, 2.45) is 0 Å². The predicted octanol–water partition coefficient (Wildman–Crippen LogP) is 2.46. The summed E-state index contributed by atoms with van der Waals surface area (Å²) in [6.45, 7) is -0.353. The van der Waals surface area contributed by atoms with E-state index in [9.17, 15) is 14.4 Å². The first-order valence-electron chi connectivity index (χ1n) is 8.71. The lowest BCUT2D eigenvalue weighted by molar-refractivity contribution is -0.125. The van der Waals surface area contributed by atoms with Gasteiger partial charge in [-0.1, -0.05) is 34.8 Å². The van der Waals surface area contributed by atoms with Gasteiger partial charge in [0.2, 0.25) is 11.8 Å². The van der Waals surface area contributed by atoms with Gasteiger partial charge in [-0.2, -0.15) is 0 Å². The zero-order valence-corrected chi connectivity index (χ0v) is 17.7. The first-order chi connectivity index (χ1) is 14.3. The molecule has 0 radical (unpaired) electrons. The van der Waals surface area contributed by atoms with Crippen LogP contribution in [0.2, 0.25) is 15.1 Å². The fraction of sp³-hybridized carbons (Fsp3) is 0.158. The average Bonchev–Trinajstić information content (AvgIpc) is 3.10. The summed E-state index contributed by atoms with van der Waals surface area (Å²) >= 11 is 17.7. The van der Waals surface area contributed by atoms with Crippen LogP contribution in [0.3, 0.4) is 0 Å². The summed E-state index contributed by atoms with van der Waals surface area (Å²) in [4.78, 5) is 40.2. The number of rotatable bonds is 7. The number of hydrogen-bond donors (Lipinski definition) is 3. The molecule has 3 rings (SSSR count).